The van der Waals surface area contributed by atoms with E-state index in [0.29, 0.717) is 18.9 Å². The Balaban J connectivity index is 0.000000847. The maximum Gasteiger partial charge on any atom is 0.292 e. The Hall–Kier alpha value is -2.41. The van der Waals surface area contributed by atoms with Gasteiger partial charge in [0.25, 0.3) is 5.69 Å². The summed E-state index contributed by atoms with van der Waals surface area (Å²) >= 11 is 0. The average Bonchev–Trinajstić information content (AvgIpc) is 3.01. The van der Waals surface area contributed by atoms with Crippen molar-refractivity contribution in [2.45, 2.75) is 26.3 Å². The summed E-state index contributed by atoms with van der Waals surface area (Å²) in [7, 11) is 0. The molecule has 1 aliphatic rings. The number of nitrogens with zero attached hydrogens (tertiary/aromatic N) is 3. The van der Waals surface area contributed by atoms with E-state index in [2.05, 4.69) is 10.4 Å². The highest BCUT2D eigenvalue weighted by Gasteiger charge is 2.35. The lowest BCUT2D eigenvalue weighted by Crippen LogP contribution is -2.53. The molecule has 1 saturated heterocycles. The molecule has 22 heavy (non-hydrogen) atoms. The standard InChI is InChI=1S/C13H14N4O3.C2H6/c1-13(8-20-9-13)15-11-7-10(16-6-2-5-14-16)3-4-12(11)17(18)19;1-2/h2-7,15H,8-9H2,1H3;1-2H3. The van der Waals surface area contributed by atoms with Gasteiger partial charge in [0.2, 0.25) is 0 Å². The van der Waals surface area contributed by atoms with Crippen molar-refractivity contribution in [3.63, 3.8) is 0 Å². The quantitative estimate of drug-likeness (QED) is 0.693. The minimum Gasteiger partial charge on any atom is -0.376 e. The third-order valence-corrected chi connectivity index (χ3v) is 3.22. The second-order valence-corrected chi connectivity index (χ2v) is 5.09. The Kier molecular flexibility index (Phi) is 4.77. The molecule has 1 aromatic carbocycles. The normalized spacial score (nSPS) is 15.2. The van der Waals surface area contributed by atoms with Crippen molar-refractivity contribution in [2.24, 2.45) is 0 Å². The van der Waals surface area contributed by atoms with Crippen LogP contribution in [0.5, 0.6) is 0 Å². The maximum absolute atomic E-state index is 11.1. The predicted octanol–water partition coefficient (Wildman–Crippen LogP) is 3.01. The van der Waals surface area contributed by atoms with E-state index in [1.54, 1.807) is 35.3 Å². The monoisotopic (exact) mass is 304 g/mol. The van der Waals surface area contributed by atoms with Gasteiger partial charge in [-0.3, -0.25) is 10.1 Å². The predicted molar refractivity (Wildman–Crippen MR) is 84.4 cm³/mol. The summed E-state index contributed by atoms with van der Waals surface area (Å²) in [5.41, 5.74) is 1.04. The van der Waals surface area contributed by atoms with Gasteiger partial charge < -0.3 is 10.1 Å². The summed E-state index contributed by atoms with van der Waals surface area (Å²) in [6.07, 6.45) is 3.45. The molecule has 0 unspecified atom stereocenters. The highest BCUT2D eigenvalue weighted by molar-refractivity contribution is 5.66. The summed E-state index contributed by atoms with van der Waals surface area (Å²) in [5.74, 6) is 0. The fourth-order valence-corrected chi connectivity index (χ4v) is 2.15. The van der Waals surface area contributed by atoms with Crippen molar-refractivity contribution in [1.29, 1.82) is 0 Å². The lowest BCUT2D eigenvalue weighted by atomic mass is 10.00. The lowest BCUT2D eigenvalue weighted by Gasteiger charge is -2.39. The van der Waals surface area contributed by atoms with Crippen LogP contribution in [-0.4, -0.2) is 33.5 Å². The summed E-state index contributed by atoms with van der Waals surface area (Å²) in [6, 6.07) is 6.70. The summed E-state index contributed by atoms with van der Waals surface area (Å²) in [6.45, 7) is 7.05. The number of aromatic nitrogens is 2. The maximum atomic E-state index is 11.1. The number of ether oxygens (including phenoxy) is 1. The zero-order valence-corrected chi connectivity index (χ0v) is 12.9. The minimum atomic E-state index is -0.391. The third kappa shape index (κ3) is 3.25. The van der Waals surface area contributed by atoms with Crippen LogP contribution in [0.1, 0.15) is 20.8 Å². The molecule has 1 fully saturated rings. The highest BCUT2D eigenvalue weighted by Crippen LogP contribution is 2.31. The molecule has 0 aliphatic carbocycles. The Morgan fingerprint density at radius 3 is 2.64 bits per heavy atom. The van der Waals surface area contributed by atoms with Crippen LogP contribution >= 0.6 is 0 Å². The van der Waals surface area contributed by atoms with Gasteiger partial charge in [0.1, 0.15) is 5.69 Å². The molecule has 1 N–H and O–H groups in total. The van der Waals surface area contributed by atoms with Crippen LogP contribution in [0.3, 0.4) is 0 Å². The van der Waals surface area contributed by atoms with E-state index < -0.39 is 4.92 Å². The van der Waals surface area contributed by atoms with Crippen molar-refractivity contribution in [3.8, 4) is 5.69 Å². The van der Waals surface area contributed by atoms with E-state index in [9.17, 15) is 10.1 Å². The number of hydrogen-bond donors (Lipinski definition) is 1. The minimum absolute atomic E-state index is 0.0500. The van der Waals surface area contributed by atoms with E-state index in [1.807, 2.05) is 20.8 Å². The first-order valence-corrected chi connectivity index (χ1v) is 7.22. The first kappa shape index (κ1) is 16.0. The molecular formula is C15H20N4O3. The van der Waals surface area contributed by atoms with Gasteiger partial charge >= 0.3 is 0 Å². The summed E-state index contributed by atoms with van der Waals surface area (Å²) in [4.78, 5) is 10.7. The zero-order chi connectivity index (χ0) is 16.2. The van der Waals surface area contributed by atoms with Gasteiger partial charge in [0.15, 0.2) is 0 Å². The SMILES string of the molecule is CC.CC1(Nc2cc(-n3cccn3)ccc2[N+](=O)[O-])COC1. The molecule has 118 valence electrons. The largest absolute Gasteiger partial charge is 0.376 e. The number of hydrogen-bond acceptors (Lipinski definition) is 5. The average molecular weight is 304 g/mol. The number of anilines is 1. The Morgan fingerprint density at radius 2 is 2.14 bits per heavy atom. The third-order valence-electron chi connectivity index (χ3n) is 3.22. The molecule has 2 heterocycles. The molecule has 7 nitrogen and oxygen atoms in total. The highest BCUT2D eigenvalue weighted by atomic mass is 16.6. The molecule has 2 aromatic rings. The number of nitro benzene ring substituents is 1. The molecule has 1 aliphatic heterocycles. The molecule has 0 bridgehead atoms. The molecule has 7 heteroatoms. The second-order valence-electron chi connectivity index (χ2n) is 5.09. The molecular weight excluding hydrogens is 284 g/mol. The Labute approximate surface area is 129 Å². The molecule has 1 aromatic heterocycles. The molecule has 3 rings (SSSR count). The molecule has 0 spiro atoms. The van der Waals surface area contributed by atoms with Gasteiger partial charge in [0.05, 0.1) is 29.4 Å². The first-order chi connectivity index (χ1) is 10.6. The number of nitrogens with one attached hydrogen (secondary N) is 1. The van der Waals surface area contributed by atoms with Gasteiger partial charge in [-0.1, -0.05) is 13.8 Å². The van der Waals surface area contributed by atoms with Crippen molar-refractivity contribution in [3.05, 3.63) is 46.8 Å². The second kappa shape index (κ2) is 6.57. The molecule has 0 saturated carbocycles. The van der Waals surface area contributed by atoms with Crippen molar-refractivity contribution < 1.29 is 9.66 Å². The van der Waals surface area contributed by atoms with E-state index in [0.717, 1.165) is 5.69 Å². The van der Waals surface area contributed by atoms with Crippen LogP contribution in [0.2, 0.25) is 0 Å². The van der Waals surface area contributed by atoms with Crippen molar-refractivity contribution >= 4 is 11.4 Å². The number of benzene rings is 1. The zero-order valence-electron chi connectivity index (χ0n) is 12.9. The van der Waals surface area contributed by atoms with Crippen LogP contribution in [0.15, 0.2) is 36.7 Å². The van der Waals surface area contributed by atoms with Crippen LogP contribution in [0.4, 0.5) is 11.4 Å². The molecule has 0 amide bonds. The lowest BCUT2D eigenvalue weighted by molar-refractivity contribution is -0.384. The van der Waals surface area contributed by atoms with Crippen LogP contribution < -0.4 is 5.32 Å². The van der Waals surface area contributed by atoms with E-state index in [1.165, 1.54) is 6.07 Å². The van der Waals surface area contributed by atoms with Crippen molar-refractivity contribution in [2.75, 3.05) is 18.5 Å². The molecule has 0 atom stereocenters. The fraction of sp³-hybridized carbons (Fsp3) is 0.400. The molecule has 0 radical (unpaired) electrons. The van der Waals surface area contributed by atoms with Gasteiger partial charge in [-0.2, -0.15) is 5.10 Å². The smallest absolute Gasteiger partial charge is 0.292 e. The summed E-state index contributed by atoms with van der Waals surface area (Å²) in [5, 5.41) is 18.4. The number of rotatable bonds is 4. The topological polar surface area (TPSA) is 82.2 Å². The Morgan fingerprint density at radius 1 is 1.41 bits per heavy atom. The first-order valence-electron chi connectivity index (χ1n) is 7.22. The van der Waals surface area contributed by atoms with Crippen LogP contribution in [0, 0.1) is 10.1 Å². The Bertz CT molecular complexity index is 636. The van der Waals surface area contributed by atoms with Crippen LogP contribution in [-0.2, 0) is 4.74 Å². The van der Waals surface area contributed by atoms with Crippen LogP contribution in [0.25, 0.3) is 5.69 Å². The van der Waals surface area contributed by atoms with Crippen molar-refractivity contribution in [1.82, 2.24) is 9.78 Å². The fourth-order valence-electron chi connectivity index (χ4n) is 2.15. The van der Waals surface area contributed by atoms with E-state index in [4.69, 9.17) is 4.74 Å². The van der Waals surface area contributed by atoms with Gasteiger partial charge in [-0.15, -0.1) is 0 Å². The van der Waals surface area contributed by atoms with E-state index in [-0.39, 0.29) is 11.2 Å². The summed E-state index contributed by atoms with van der Waals surface area (Å²) < 4.78 is 6.82. The van der Waals surface area contributed by atoms with Gasteiger partial charge in [0, 0.05) is 18.5 Å². The van der Waals surface area contributed by atoms with Gasteiger partial charge in [-0.25, -0.2) is 4.68 Å². The van der Waals surface area contributed by atoms with E-state index >= 15 is 0 Å². The number of nitro groups is 1. The van der Waals surface area contributed by atoms with Gasteiger partial charge in [-0.05, 0) is 25.1 Å².